The van der Waals surface area contributed by atoms with Crippen LogP contribution in [0, 0.1) is 11.6 Å². The summed E-state index contributed by atoms with van der Waals surface area (Å²) < 4.78 is 26.9. The topological polar surface area (TPSA) is 55.1 Å². The normalized spacial score (nSPS) is 11.4. The van der Waals surface area contributed by atoms with E-state index >= 15 is 0 Å². The number of thioether (sulfide) groups is 1. The number of hydrogen-bond donors (Lipinski definition) is 2. The van der Waals surface area contributed by atoms with E-state index in [1.165, 1.54) is 0 Å². The fraction of sp³-hybridized carbons (Fsp3) is 0.500. The van der Waals surface area contributed by atoms with Crippen molar-refractivity contribution in [3.63, 3.8) is 0 Å². The molecule has 0 aromatic heterocycles. The Morgan fingerprint density at radius 2 is 1.95 bits per heavy atom. The second kappa shape index (κ2) is 6.92. The number of halogens is 2. The standard InChI is InChI=1S/C14H20F2N2OS/c1-4-14(5-2,20-3)8-18-13(19)10-6-9(15)7-11(17)12(10)16/h6-7H,4-5,8,17H2,1-3H3,(H,18,19). The van der Waals surface area contributed by atoms with Gasteiger partial charge >= 0.3 is 0 Å². The van der Waals surface area contributed by atoms with Crippen molar-refractivity contribution in [2.45, 2.75) is 31.4 Å². The van der Waals surface area contributed by atoms with Gasteiger partial charge in [0.1, 0.15) is 5.82 Å². The van der Waals surface area contributed by atoms with Crippen LogP contribution < -0.4 is 11.1 Å². The Morgan fingerprint density at radius 3 is 2.45 bits per heavy atom. The summed E-state index contributed by atoms with van der Waals surface area (Å²) in [6.45, 7) is 4.47. The van der Waals surface area contributed by atoms with Crippen LogP contribution >= 0.6 is 11.8 Å². The minimum Gasteiger partial charge on any atom is -0.396 e. The van der Waals surface area contributed by atoms with Gasteiger partial charge < -0.3 is 11.1 Å². The largest absolute Gasteiger partial charge is 0.396 e. The van der Waals surface area contributed by atoms with Crippen LogP contribution in [0.1, 0.15) is 37.0 Å². The van der Waals surface area contributed by atoms with Gasteiger partial charge in [-0.1, -0.05) is 13.8 Å². The first-order chi connectivity index (χ1) is 9.39. The van der Waals surface area contributed by atoms with Gasteiger partial charge in [0, 0.05) is 11.3 Å². The minimum absolute atomic E-state index is 0.0923. The summed E-state index contributed by atoms with van der Waals surface area (Å²) in [5.74, 6) is -2.25. The average Bonchev–Trinajstić information content (AvgIpc) is 2.44. The number of carbonyl (C=O) groups is 1. The zero-order valence-electron chi connectivity index (χ0n) is 11.9. The molecule has 3 nitrogen and oxygen atoms in total. The molecule has 20 heavy (non-hydrogen) atoms. The summed E-state index contributed by atoms with van der Waals surface area (Å²) in [7, 11) is 0. The maximum atomic E-state index is 13.7. The van der Waals surface area contributed by atoms with E-state index in [9.17, 15) is 13.6 Å². The highest BCUT2D eigenvalue weighted by Crippen LogP contribution is 2.29. The maximum absolute atomic E-state index is 13.7. The molecule has 1 rings (SSSR count). The van der Waals surface area contributed by atoms with Crippen molar-refractivity contribution >= 4 is 23.4 Å². The number of anilines is 1. The molecule has 0 unspecified atom stereocenters. The lowest BCUT2D eigenvalue weighted by Gasteiger charge is -2.29. The molecule has 1 aromatic rings. The highest BCUT2D eigenvalue weighted by molar-refractivity contribution is 8.00. The average molecular weight is 302 g/mol. The van der Waals surface area contributed by atoms with Crippen LogP contribution in [0.15, 0.2) is 12.1 Å². The molecule has 0 fully saturated rings. The van der Waals surface area contributed by atoms with Gasteiger partial charge in [0.25, 0.3) is 5.91 Å². The van der Waals surface area contributed by atoms with E-state index < -0.39 is 17.5 Å². The van der Waals surface area contributed by atoms with Gasteiger partial charge in [0.05, 0.1) is 11.3 Å². The number of nitrogen functional groups attached to an aromatic ring is 1. The van der Waals surface area contributed by atoms with Crippen LogP contribution in [0.5, 0.6) is 0 Å². The van der Waals surface area contributed by atoms with E-state index in [-0.39, 0.29) is 16.0 Å². The third-order valence-corrected chi connectivity index (χ3v) is 5.19. The molecule has 0 saturated heterocycles. The number of rotatable bonds is 6. The first-order valence-corrected chi connectivity index (χ1v) is 7.69. The lowest BCUT2D eigenvalue weighted by atomic mass is 10.0. The predicted octanol–water partition coefficient (Wildman–Crippen LogP) is 3.20. The smallest absolute Gasteiger partial charge is 0.254 e. The van der Waals surface area contributed by atoms with Crippen LogP contribution in [0.25, 0.3) is 0 Å². The summed E-state index contributed by atoms with van der Waals surface area (Å²) in [5, 5.41) is 2.67. The quantitative estimate of drug-likeness (QED) is 0.793. The number of nitrogens with one attached hydrogen (secondary N) is 1. The Labute approximate surface area is 122 Å². The lowest BCUT2D eigenvalue weighted by Crippen LogP contribution is -2.40. The van der Waals surface area contributed by atoms with Gasteiger partial charge in [-0.3, -0.25) is 4.79 Å². The molecule has 1 aromatic carbocycles. The molecular formula is C14H20F2N2OS. The second-order valence-electron chi connectivity index (χ2n) is 4.63. The molecule has 0 aliphatic heterocycles. The van der Waals surface area contributed by atoms with Crippen LogP contribution in [0.2, 0.25) is 0 Å². The fourth-order valence-corrected chi connectivity index (χ4v) is 2.77. The van der Waals surface area contributed by atoms with Crippen LogP contribution in [-0.4, -0.2) is 23.5 Å². The molecule has 0 atom stereocenters. The summed E-state index contributed by atoms with van der Waals surface area (Å²) >= 11 is 1.66. The molecular weight excluding hydrogens is 282 g/mol. The van der Waals surface area contributed by atoms with Crippen LogP contribution in [0.4, 0.5) is 14.5 Å². The van der Waals surface area contributed by atoms with Crippen molar-refractivity contribution in [3.05, 3.63) is 29.3 Å². The molecule has 0 saturated carbocycles. The molecule has 3 N–H and O–H groups in total. The zero-order chi connectivity index (χ0) is 15.3. The van der Waals surface area contributed by atoms with Gasteiger partial charge in [-0.25, -0.2) is 8.78 Å². The summed E-state index contributed by atoms with van der Waals surface area (Å²) in [6.07, 6.45) is 3.72. The Bertz CT molecular complexity index is 482. The minimum atomic E-state index is -0.883. The summed E-state index contributed by atoms with van der Waals surface area (Å²) in [4.78, 5) is 12.0. The highest BCUT2D eigenvalue weighted by Gasteiger charge is 2.26. The van der Waals surface area contributed by atoms with Crippen LogP contribution in [0.3, 0.4) is 0 Å². The zero-order valence-corrected chi connectivity index (χ0v) is 12.7. The molecule has 0 bridgehead atoms. The molecule has 0 radical (unpaired) electrons. The first kappa shape index (κ1) is 16.8. The van der Waals surface area contributed by atoms with Crippen molar-refractivity contribution in [3.8, 4) is 0 Å². The van der Waals surface area contributed by atoms with E-state index in [0.717, 1.165) is 25.0 Å². The van der Waals surface area contributed by atoms with E-state index in [4.69, 9.17) is 5.73 Å². The van der Waals surface area contributed by atoms with Crippen molar-refractivity contribution < 1.29 is 13.6 Å². The van der Waals surface area contributed by atoms with Gasteiger partial charge in [-0.05, 0) is 31.2 Å². The number of hydrogen-bond acceptors (Lipinski definition) is 3. The van der Waals surface area contributed by atoms with E-state index in [1.54, 1.807) is 11.8 Å². The van der Waals surface area contributed by atoms with Gasteiger partial charge in [0.2, 0.25) is 0 Å². The Hall–Kier alpha value is -1.30. The van der Waals surface area contributed by atoms with E-state index in [0.29, 0.717) is 6.54 Å². The van der Waals surface area contributed by atoms with E-state index in [2.05, 4.69) is 5.32 Å². The van der Waals surface area contributed by atoms with Crippen LogP contribution in [-0.2, 0) is 0 Å². The molecule has 0 heterocycles. The van der Waals surface area contributed by atoms with Crippen molar-refractivity contribution in [1.82, 2.24) is 5.32 Å². The molecule has 0 aliphatic carbocycles. The molecule has 1 amide bonds. The number of amides is 1. The molecule has 112 valence electrons. The Kier molecular flexibility index (Phi) is 5.80. The molecule has 0 aliphatic rings. The highest BCUT2D eigenvalue weighted by atomic mass is 32.2. The van der Waals surface area contributed by atoms with Crippen molar-refractivity contribution in [2.75, 3.05) is 18.5 Å². The Balaban J connectivity index is 2.87. The number of benzene rings is 1. The third kappa shape index (κ3) is 3.62. The second-order valence-corrected chi connectivity index (χ2v) is 5.91. The monoisotopic (exact) mass is 302 g/mol. The summed E-state index contributed by atoms with van der Waals surface area (Å²) in [6, 6.07) is 1.72. The first-order valence-electron chi connectivity index (χ1n) is 6.47. The van der Waals surface area contributed by atoms with Gasteiger partial charge in [-0.2, -0.15) is 11.8 Å². The lowest BCUT2D eigenvalue weighted by molar-refractivity contribution is 0.0944. The number of carbonyl (C=O) groups excluding carboxylic acids is 1. The third-order valence-electron chi connectivity index (χ3n) is 3.60. The Morgan fingerprint density at radius 1 is 1.35 bits per heavy atom. The van der Waals surface area contributed by atoms with Gasteiger partial charge in [0.15, 0.2) is 5.82 Å². The van der Waals surface area contributed by atoms with Crippen molar-refractivity contribution in [1.29, 1.82) is 0 Å². The maximum Gasteiger partial charge on any atom is 0.254 e. The summed E-state index contributed by atoms with van der Waals surface area (Å²) in [5.41, 5.74) is 4.60. The van der Waals surface area contributed by atoms with E-state index in [1.807, 2.05) is 20.1 Å². The predicted molar refractivity (Wildman–Crippen MR) is 79.9 cm³/mol. The molecule has 0 spiro atoms. The van der Waals surface area contributed by atoms with Crippen molar-refractivity contribution in [2.24, 2.45) is 0 Å². The SMILES string of the molecule is CCC(CC)(CNC(=O)c1cc(F)cc(N)c1F)SC. The fourth-order valence-electron chi connectivity index (χ4n) is 1.97. The van der Waals surface area contributed by atoms with Gasteiger partial charge in [-0.15, -0.1) is 0 Å². The number of nitrogens with two attached hydrogens (primary N) is 1. The molecule has 6 heteroatoms.